The molecule has 6 nitrogen and oxygen atoms in total. The van der Waals surface area contributed by atoms with Gasteiger partial charge in [0.25, 0.3) is 0 Å². The summed E-state index contributed by atoms with van der Waals surface area (Å²) in [4.78, 5) is 10.9. The van der Waals surface area contributed by atoms with Gasteiger partial charge in [0.1, 0.15) is 11.9 Å². The summed E-state index contributed by atoms with van der Waals surface area (Å²) in [7, 11) is 0. The largest absolute Gasteiger partial charge is 0.451 e. The van der Waals surface area contributed by atoms with Gasteiger partial charge >= 0.3 is 6.18 Å². The third kappa shape index (κ3) is 3.93. The Bertz CT molecular complexity index is 656. The molecule has 1 aliphatic rings. The molecule has 1 saturated heterocycles. The molecule has 0 unspecified atom stereocenters. The standard InChI is InChI=1S/C14H14F3N5O/c15-14(16,17)13-19-4-3-12(22-13)21-9-1-2-10(20-7-9)11-8-18-5-6-23-11/h1-4,7,11,18H,5-6,8H2,(H,19,21,22)/t11-/m1/s1. The van der Waals surface area contributed by atoms with Gasteiger partial charge in [-0.2, -0.15) is 13.2 Å². The molecule has 9 heteroatoms. The first kappa shape index (κ1) is 15.6. The molecule has 0 aliphatic carbocycles. The van der Waals surface area contributed by atoms with E-state index >= 15 is 0 Å². The van der Waals surface area contributed by atoms with Crippen molar-refractivity contribution in [1.29, 1.82) is 0 Å². The average Bonchev–Trinajstić information content (AvgIpc) is 2.56. The van der Waals surface area contributed by atoms with Gasteiger partial charge in [-0.15, -0.1) is 0 Å². The maximum absolute atomic E-state index is 12.6. The smallest absolute Gasteiger partial charge is 0.369 e. The van der Waals surface area contributed by atoms with Crippen molar-refractivity contribution in [2.45, 2.75) is 12.3 Å². The van der Waals surface area contributed by atoms with Crippen molar-refractivity contribution < 1.29 is 17.9 Å². The monoisotopic (exact) mass is 325 g/mol. The number of nitrogens with one attached hydrogen (secondary N) is 2. The second-order valence-corrected chi connectivity index (χ2v) is 4.92. The lowest BCUT2D eigenvalue weighted by molar-refractivity contribution is -0.144. The van der Waals surface area contributed by atoms with Crippen LogP contribution in [-0.2, 0) is 10.9 Å². The molecule has 1 fully saturated rings. The van der Waals surface area contributed by atoms with Crippen LogP contribution in [0.4, 0.5) is 24.7 Å². The number of nitrogens with zero attached hydrogens (tertiary/aromatic N) is 3. The Morgan fingerprint density at radius 3 is 2.74 bits per heavy atom. The molecule has 1 atom stereocenters. The van der Waals surface area contributed by atoms with Crippen LogP contribution in [0.3, 0.4) is 0 Å². The molecule has 0 saturated carbocycles. The summed E-state index contributed by atoms with van der Waals surface area (Å²) in [6, 6.07) is 4.85. The van der Waals surface area contributed by atoms with E-state index in [1.807, 2.05) is 0 Å². The number of anilines is 2. The van der Waals surface area contributed by atoms with Crippen LogP contribution in [0, 0.1) is 0 Å². The highest BCUT2D eigenvalue weighted by molar-refractivity contribution is 5.54. The predicted molar refractivity (Wildman–Crippen MR) is 76.1 cm³/mol. The zero-order chi connectivity index (χ0) is 16.3. The van der Waals surface area contributed by atoms with Gasteiger partial charge < -0.3 is 15.4 Å². The number of rotatable bonds is 3. The second kappa shape index (κ2) is 6.47. The molecule has 0 aromatic carbocycles. The zero-order valence-corrected chi connectivity index (χ0v) is 12.0. The van der Waals surface area contributed by atoms with Crippen LogP contribution in [0.2, 0.25) is 0 Å². The van der Waals surface area contributed by atoms with Gasteiger partial charge in [-0.1, -0.05) is 0 Å². The minimum Gasteiger partial charge on any atom is -0.369 e. The molecular weight excluding hydrogens is 311 g/mol. The lowest BCUT2D eigenvalue weighted by Gasteiger charge is -2.23. The highest BCUT2D eigenvalue weighted by atomic mass is 19.4. The number of hydrogen-bond donors (Lipinski definition) is 2. The third-order valence-electron chi connectivity index (χ3n) is 3.23. The van der Waals surface area contributed by atoms with Gasteiger partial charge in [0.15, 0.2) is 0 Å². The van der Waals surface area contributed by atoms with Crippen molar-refractivity contribution in [2.75, 3.05) is 25.0 Å². The maximum Gasteiger partial charge on any atom is 0.451 e. The van der Waals surface area contributed by atoms with E-state index in [1.54, 1.807) is 12.1 Å². The molecule has 0 bridgehead atoms. The quantitative estimate of drug-likeness (QED) is 0.902. The molecule has 3 heterocycles. The fourth-order valence-electron chi connectivity index (χ4n) is 2.14. The van der Waals surface area contributed by atoms with Crippen molar-refractivity contribution in [3.8, 4) is 0 Å². The van der Waals surface area contributed by atoms with Gasteiger partial charge in [-0.3, -0.25) is 4.98 Å². The van der Waals surface area contributed by atoms with Crippen LogP contribution in [-0.4, -0.2) is 34.6 Å². The minimum absolute atomic E-state index is 0.0532. The summed E-state index contributed by atoms with van der Waals surface area (Å²) >= 11 is 0. The zero-order valence-electron chi connectivity index (χ0n) is 12.0. The number of hydrogen-bond acceptors (Lipinski definition) is 6. The van der Waals surface area contributed by atoms with E-state index < -0.39 is 12.0 Å². The van der Waals surface area contributed by atoms with Crippen molar-refractivity contribution in [3.05, 3.63) is 42.1 Å². The number of pyridine rings is 1. The Hall–Kier alpha value is -2.26. The Morgan fingerprint density at radius 1 is 1.22 bits per heavy atom. The van der Waals surface area contributed by atoms with Crippen LogP contribution in [0.15, 0.2) is 30.6 Å². The first-order chi connectivity index (χ1) is 11.0. The summed E-state index contributed by atoms with van der Waals surface area (Å²) in [5.41, 5.74) is 1.30. The van der Waals surface area contributed by atoms with Crippen LogP contribution >= 0.6 is 0 Å². The van der Waals surface area contributed by atoms with E-state index in [1.165, 1.54) is 12.3 Å². The summed E-state index contributed by atoms with van der Waals surface area (Å²) in [6.45, 7) is 2.11. The van der Waals surface area contributed by atoms with Gasteiger partial charge in [0.05, 0.1) is 24.2 Å². The summed E-state index contributed by atoms with van der Waals surface area (Å²) in [5, 5.41) is 5.98. The fourth-order valence-corrected chi connectivity index (χ4v) is 2.14. The van der Waals surface area contributed by atoms with Gasteiger partial charge in [-0.25, -0.2) is 9.97 Å². The average molecular weight is 325 g/mol. The van der Waals surface area contributed by atoms with Gasteiger partial charge in [-0.05, 0) is 18.2 Å². The minimum atomic E-state index is -4.58. The molecule has 0 amide bonds. The molecule has 2 N–H and O–H groups in total. The van der Waals surface area contributed by atoms with E-state index in [-0.39, 0.29) is 11.9 Å². The van der Waals surface area contributed by atoms with Crippen LogP contribution in [0.1, 0.15) is 17.6 Å². The van der Waals surface area contributed by atoms with Crippen molar-refractivity contribution in [1.82, 2.24) is 20.3 Å². The Labute approximate surface area is 130 Å². The Morgan fingerprint density at radius 2 is 2.09 bits per heavy atom. The van der Waals surface area contributed by atoms with Crippen molar-refractivity contribution in [2.24, 2.45) is 0 Å². The number of ether oxygens (including phenoxy) is 1. The normalized spacial score (nSPS) is 18.7. The molecule has 122 valence electrons. The molecule has 3 rings (SSSR count). The lowest BCUT2D eigenvalue weighted by Crippen LogP contribution is -2.33. The Balaban J connectivity index is 1.71. The molecule has 0 radical (unpaired) electrons. The van der Waals surface area contributed by atoms with Crippen LogP contribution in [0.25, 0.3) is 0 Å². The molecule has 0 spiro atoms. The van der Waals surface area contributed by atoms with Crippen LogP contribution in [0.5, 0.6) is 0 Å². The van der Waals surface area contributed by atoms with Gasteiger partial charge in [0.2, 0.25) is 5.82 Å². The van der Waals surface area contributed by atoms with E-state index in [4.69, 9.17) is 4.74 Å². The highest BCUT2D eigenvalue weighted by Crippen LogP contribution is 2.27. The topological polar surface area (TPSA) is 72.0 Å². The number of alkyl halides is 3. The van der Waals surface area contributed by atoms with E-state index in [9.17, 15) is 13.2 Å². The molecule has 2 aromatic heterocycles. The fraction of sp³-hybridized carbons (Fsp3) is 0.357. The lowest BCUT2D eigenvalue weighted by atomic mass is 10.2. The number of morpholine rings is 1. The van der Waals surface area contributed by atoms with Crippen molar-refractivity contribution in [3.63, 3.8) is 0 Å². The van der Waals surface area contributed by atoms with Crippen LogP contribution < -0.4 is 10.6 Å². The van der Waals surface area contributed by atoms with E-state index in [0.29, 0.717) is 18.8 Å². The highest BCUT2D eigenvalue weighted by Gasteiger charge is 2.34. The third-order valence-corrected chi connectivity index (χ3v) is 3.23. The molecule has 1 aliphatic heterocycles. The van der Waals surface area contributed by atoms with Gasteiger partial charge in [0, 0.05) is 19.3 Å². The summed E-state index contributed by atoms with van der Waals surface area (Å²) in [5.74, 6) is -1.13. The first-order valence-electron chi connectivity index (χ1n) is 6.98. The Kier molecular flexibility index (Phi) is 4.39. The number of aromatic nitrogens is 3. The SMILES string of the molecule is FC(F)(F)c1nccc(Nc2ccc([C@H]3CNCCO3)nc2)n1. The molecular formula is C14H14F3N5O. The number of halogens is 3. The van der Waals surface area contributed by atoms with E-state index in [2.05, 4.69) is 25.6 Å². The molecule has 23 heavy (non-hydrogen) atoms. The first-order valence-corrected chi connectivity index (χ1v) is 6.98. The molecule has 2 aromatic rings. The van der Waals surface area contributed by atoms with Crippen molar-refractivity contribution >= 4 is 11.5 Å². The summed E-state index contributed by atoms with van der Waals surface area (Å²) in [6.07, 6.45) is -2.11. The summed E-state index contributed by atoms with van der Waals surface area (Å²) < 4.78 is 43.3. The maximum atomic E-state index is 12.6. The van der Waals surface area contributed by atoms with E-state index in [0.717, 1.165) is 18.4 Å². The second-order valence-electron chi connectivity index (χ2n) is 4.92. The predicted octanol–water partition coefficient (Wildman–Crippen LogP) is 2.29.